The number of alkyl halides is 3. The van der Waals surface area contributed by atoms with Crippen molar-refractivity contribution in [1.29, 1.82) is 0 Å². The molecule has 1 aromatic rings. The summed E-state index contributed by atoms with van der Waals surface area (Å²) in [7, 11) is -5.77. The van der Waals surface area contributed by atoms with Crippen LogP contribution in [0, 0.1) is 5.82 Å². The first-order valence-electron chi connectivity index (χ1n) is 10.5. The minimum absolute atomic E-state index is 0.102. The Morgan fingerprint density at radius 3 is 2.30 bits per heavy atom. The van der Waals surface area contributed by atoms with Crippen LogP contribution in [-0.2, 0) is 30.5 Å². The van der Waals surface area contributed by atoms with Crippen molar-refractivity contribution >= 4 is 48.7 Å². The standard InChI is InChI=1S/C13H16FOS.C8H13BrF2O5S/c14-12-6-4-5-11(9-12)13(15)10-16-7-2-1-3-8-16;9-5-3-1-2-4-6-16-7(12)8(10,11)17(13,14)15/h4-6,9H,1-3,7-8,10H2;1-6H2,(H,13,14,15)/q+1;/p-1. The Balaban J connectivity index is 0.000000330. The maximum Gasteiger partial charge on any atom is 0.428 e. The first-order valence-corrected chi connectivity index (χ1v) is 14.7. The number of halogens is 4. The summed E-state index contributed by atoms with van der Waals surface area (Å²) in [5.41, 5.74) is 0.526. The van der Waals surface area contributed by atoms with Gasteiger partial charge in [0.05, 0.1) is 6.61 Å². The molecule has 0 saturated carbocycles. The van der Waals surface area contributed by atoms with E-state index in [4.69, 9.17) is 0 Å². The summed E-state index contributed by atoms with van der Waals surface area (Å²) >= 11 is 3.20. The minimum atomic E-state index is -6.02. The molecule has 33 heavy (non-hydrogen) atoms. The van der Waals surface area contributed by atoms with Gasteiger partial charge in [-0.1, -0.05) is 40.9 Å². The highest BCUT2D eigenvalue weighted by atomic mass is 79.9. The van der Waals surface area contributed by atoms with Gasteiger partial charge in [-0.15, -0.1) is 0 Å². The first kappa shape index (κ1) is 29.9. The summed E-state index contributed by atoms with van der Waals surface area (Å²) in [6.07, 6.45) is 6.54. The summed E-state index contributed by atoms with van der Waals surface area (Å²) in [6, 6.07) is 6.03. The number of carbonyl (C=O) groups is 2. The molecular weight excluding hydrogens is 549 g/mol. The fourth-order valence-corrected chi connectivity index (χ4v) is 5.78. The average Bonchev–Trinajstić information content (AvgIpc) is 2.76. The zero-order valence-corrected chi connectivity index (χ0v) is 21.3. The van der Waals surface area contributed by atoms with Crippen molar-refractivity contribution in [3.8, 4) is 0 Å². The fourth-order valence-electron chi connectivity index (χ4n) is 2.87. The van der Waals surface area contributed by atoms with Crippen LogP contribution in [0.3, 0.4) is 0 Å². The molecule has 0 aliphatic carbocycles. The number of unbranched alkanes of at least 4 members (excludes halogenated alkanes) is 3. The van der Waals surface area contributed by atoms with Crippen LogP contribution in [-0.4, -0.2) is 59.2 Å². The van der Waals surface area contributed by atoms with Gasteiger partial charge in [0.25, 0.3) is 0 Å². The van der Waals surface area contributed by atoms with Crippen LogP contribution in [0.5, 0.6) is 0 Å². The second-order valence-corrected chi connectivity index (χ2v) is 11.9. The number of carbonyl (C=O) groups excluding carboxylic acids is 2. The number of esters is 1. The number of ether oxygens (including phenoxy) is 1. The number of rotatable bonds is 11. The van der Waals surface area contributed by atoms with Gasteiger partial charge in [0.2, 0.25) is 5.78 Å². The molecule has 0 unspecified atom stereocenters. The largest absolute Gasteiger partial charge is 0.743 e. The van der Waals surface area contributed by atoms with Crippen molar-refractivity contribution in [1.82, 2.24) is 0 Å². The van der Waals surface area contributed by atoms with Gasteiger partial charge in [-0.3, -0.25) is 4.79 Å². The maximum atomic E-state index is 13.0. The number of hydrogen-bond donors (Lipinski definition) is 0. The van der Waals surface area contributed by atoms with Crippen molar-refractivity contribution in [2.45, 2.75) is 50.2 Å². The third kappa shape index (κ3) is 11.2. The highest BCUT2D eigenvalue weighted by Gasteiger charge is 2.48. The Bertz CT molecular complexity index is 861. The van der Waals surface area contributed by atoms with Crippen LogP contribution < -0.4 is 0 Å². The van der Waals surface area contributed by atoms with Crippen LogP contribution in [0.4, 0.5) is 13.2 Å². The Morgan fingerprint density at radius 2 is 1.73 bits per heavy atom. The number of Topliss-reactive ketones (excluding diaryl/α,β-unsaturated/α-hetero) is 1. The molecule has 0 atom stereocenters. The number of benzene rings is 1. The molecule has 188 valence electrons. The Labute approximate surface area is 203 Å². The van der Waals surface area contributed by atoms with E-state index in [0.29, 0.717) is 24.2 Å². The minimum Gasteiger partial charge on any atom is -0.743 e. The zero-order chi connectivity index (χ0) is 24.9. The van der Waals surface area contributed by atoms with Gasteiger partial charge >= 0.3 is 11.2 Å². The Kier molecular flexibility index (Phi) is 13.6. The van der Waals surface area contributed by atoms with Gasteiger partial charge in [-0.2, -0.15) is 8.78 Å². The summed E-state index contributed by atoms with van der Waals surface area (Å²) in [4.78, 5) is 22.5. The smallest absolute Gasteiger partial charge is 0.428 e. The molecule has 0 bridgehead atoms. The maximum absolute atomic E-state index is 13.0. The van der Waals surface area contributed by atoms with Gasteiger partial charge in [-0.05, 0) is 55.1 Å². The van der Waals surface area contributed by atoms with Crippen LogP contribution in [0.15, 0.2) is 24.3 Å². The van der Waals surface area contributed by atoms with E-state index in [-0.39, 0.29) is 29.1 Å². The van der Waals surface area contributed by atoms with Crippen molar-refractivity contribution in [3.63, 3.8) is 0 Å². The average molecular weight is 577 g/mol. The summed E-state index contributed by atoms with van der Waals surface area (Å²) in [5, 5.41) is -4.19. The molecule has 1 heterocycles. The lowest BCUT2D eigenvalue weighted by atomic mass is 10.1. The zero-order valence-electron chi connectivity index (χ0n) is 18.1. The third-order valence-electron chi connectivity index (χ3n) is 4.66. The highest BCUT2D eigenvalue weighted by molar-refractivity contribution is 9.09. The first-order chi connectivity index (χ1) is 15.5. The van der Waals surface area contributed by atoms with E-state index in [1.165, 1.54) is 42.9 Å². The van der Waals surface area contributed by atoms with Gasteiger partial charge in [0, 0.05) is 10.9 Å². The van der Waals surface area contributed by atoms with Gasteiger partial charge in [0.1, 0.15) is 17.3 Å². The Hall–Kier alpha value is -1.11. The van der Waals surface area contributed by atoms with Crippen molar-refractivity contribution in [3.05, 3.63) is 35.6 Å². The van der Waals surface area contributed by atoms with E-state index in [1.54, 1.807) is 12.1 Å². The van der Waals surface area contributed by atoms with E-state index in [2.05, 4.69) is 20.7 Å². The topological polar surface area (TPSA) is 101 Å². The summed E-state index contributed by atoms with van der Waals surface area (Å²) in [5.74, 6) is 0.446. The predicted molar refractivity (Wildman–Crippen MR) is 124 cm³/mol. The predicted octanol–water partition coefficient (Wildman–Crippen LogP) is 4.43. The molecule has 1 fully saturated rings. The fraction of sp³-hybridized carbons (Fsp3) is 0.619. The SMILES string of the molecule is O=C(C[S+]1CCCCC1)c1cccc(F)c1.O=C(OCCCCCCBr)C(F)(F)S(=O)(=O)[O-]. The van der Waals surface area contributed by atoms with Crippen LogP contribution in [0.2, 0.25) is 0 Å². The van der Waals surface area contributed by atoms with Crippen molar-refractivity contribution in [2.75, 3.05) is 29.2 Å². The molecule has 12 heteroatoms. The molecule has 1 aromatic carbocycles. The quantitative estimate of drug-likeness (QED) is 0.0964. The van der Waals surface area contributed by atoms with Crippen molar-refractivity contribution < 1.29 is 40.5 Å². The lowest BCUT2D eigenvalue weighted by Crippen LogP contribution is -2.39. The van der Waals surface area contributed by atoms with E-state index in [9.17, 15) is 35.7 Å². The molecule has 6 nitrogen and oxygen atoms in total. The van der Waals surface area contributed by atoms with E-state index >= 15 is 0 Å². The van der Waals surface area contributed by atoms with Crippen LogP contribution in [0.25, 0.3) is 0 Å². The molecule has 1 aliphatic heterocycles. The molecule has 0 aromatic heterocycles. The molecule has 0 amide bonds. The summed E-state index contributed by atoms with van der Waals surface area (Å²) in [6.45, 7) is -0.327. The lowest BCUT2D eigenvalue weighted by Gasteiger charge is -2.17. The van der Waals surface area contributed by atoms with Gasteiger partial charge in [0.15, 0.2) is 15.9 Å². The van der Waals surface area contributed by atoms with Gasteiger partial charge < -0.3 is 9.29 Å². The van der Waals surface area contributed by atoms with Gasteiger partial charge in [-0.25, -0.2) is 17.6 Å². The monoisotopic (exact) mass is 576 g/mol. The molecule has 1 saturated heterocycles. The normalized spacial score (nSPS) is 14.8. The van der Waals surface area contributed by atoms with E-state index in [1.807, 2.05) is 0 Å². The molecule has 1 aliphatic rings. The van der Waals surface area contributed by atoms with E-state index in [0.717, 1.165) is 18.2 Å². The molecule has 0 N–H and O–H groups in total. The third-order valence-corrected chi connectivity index (χ3v) is 8.42. The second-order valence-electron chi connectivity index (χ2n) is 7.37. The molecule has 0 radical (unpaired) electrons. The number of hydrogen-bond acceptors (Lipinski definition) is 6. The lowest BCUT2D eigenvalue weighted by molar-refractivity contribution is -0.161. The Morgan fingerprint density at radius 1 is 1.09 bits per heavy atom. The second kappa shape index (κ2) is 15.0. The highest BCUT2D eigenvalue weighted by Crippen LogP contribution is 2.22. The summed E-state index contributed by atoms with van der Waals surface area (Å²) < 4.78 is 72.3. The molecular formula is C21H28BrF3O6S2. The van der Waals surface area contributed by atoms with Crippen molar-refractivity contribution in [2.24, 2.45) is 0 Å². The van der Waals surface area contributed by atoms with E-state index < -0.39 is 21.3 Å². The molecule has 2 rings (SSSR count). The number of ketones is 1. The van der Waals surface area contributed by atoms with Crippen LogP contribution in [0.1, 0.15) is 55.3 Å². The molecule has 0 spiro atoms. The van der Waals surface area contributed by atoms with Crippen LogP contribution >= 0.6 is 15.9 Å².